The summed E-state index contributed by atoms with van der Waals surface area (Å²) in [5.41, 5.74) is 2.73. The van der Waals surface area contributed by atoms with E-state index < -0.39 is 0 Å². The quantitative estimate of drug-likeness (QED) is 0.263. The van der Waals surface area contributed by atoms with Gasteiger partial charge in [-0.05, 0) is 91.0 Å². The third-order valence-corrected chi connectivity index (χ3v) is 7.79. The Morgan fingerprint density at radius 3 is 2.49 bits per heavy atom. The molecule has 2 aromatic heterocycles. The molecule has 4 rings (SSSR count). The molecular weight excluding hydrogens is 514 g/mol. The van der Waals surface area contributed by atoms with Crippen LogP contribution in [-0.4, -0.2) is 56.6 Å². The van der Waals surface area contributed by atoms with Crippen molar-refractivity contribution in [3.8, 4) is 11.3 Å². The molecule has 2 saturated carbocycles. The fourth-order valence-corrected chi connectivity index (χ4v) is 5.33. The van der Waals surface area contributed by atoms with Gasteiger partial charge < -0.3 is 20.7 Å². The summed E-state index contributed by atoms with van der Waals surface area (Å²) >= 11 is 6.53. The number of hydrogen-bond acceptors (Lipinski definition) is 7. The van der Waals surface area contributed by atoms with Gasteiger partial charge in [0.15, 0.2) is 0 Å². The van der Waals surface area contributed by atoms with Gasteiger partial charge in [0.25, 0.3) is 0 Å². The lowest BCUT2D eigenvalue weighted by molar-refractivity contribution is 0.135. The van der Waals surface area contributed by atoms with Gasteiger partial charge in [0.2, 0.25) is 5.95 Å². The maximum absolute atomic E-state index is 11.7. The maximum Gasteiger partial charge on any atom is 0.407 e. The summed E-state index contributed by atoms with van der Waals surface area (Å²) in [5.74, 6) is 1.40. The Labute approximate surface area is 238 Å². The highest BCUT2D eigenvalue weighted by Crippen LogP contribution is 2.37. The van der Waals surface area contributed by atoms with Crippen molar-refractivity contribution in [1.82, 2.24) is 30.4 Å². The van der Waals surface area contributed by atoms with Crippen LogP contribution in [0.1, 0.15) is 90.7 Å². The van der Waals surface area contributed by atoms with Crippen LogP contribution in [0.4, 0.5) is 10.7 Å². The molecule has 0 atom stereocenters. The molecule has 0 saturated heterocycles. The highest BCUT2D eigenvalue weighted by Gasteiger charge is 2.27. The zero-order chi connectivity index (χ0) is 27.8. The number of hydrogen-bond donors (Lipinski definition) is 3. The molecule has 10 heteroatoms. The van der Waals surface area contributed by atoms with Gasteiger partial charge in [-0.3, -0.25) is 4.68 Å². The average Bonchev–Trinajstić information content (AvgIpc) is 3.63. The predicted octanol–water partition coefficient (Wildman–Crippen LogP) is 5.88. The fourth-order valence-electron chi connectivity index (χ4n) is 5.14. The number of ether oxygens (including phenoxy) is 1. The molecule has 216 valence electrons. The summed E-state index contributed by atoms with van der Waals surface area (Å²) < 4.78 is 7.19. The smallest absolute Gasteiger partial charge is 0.407 e. The first kappa shape index (κ1) is 29.6. The van der Waals surface area contributed by atoms with Crippen LogP contribution in [0.25, 0.3) is 11.3 Å². The van der Waals surface area contributed by atoms with E-state index in [1.807, 2.05) is 38.7 Å². The summed E-state index contributed by atoms with van der Waals surface area (Å²) in [6.07, 6.45) is 15.6. The van der Waals surface area contributed by atoms with Crippen molar-refractivity contribution in [1.29, 1.82) is 0 Å². The van der Waals surface area contributed by atoms with Crippen LogP contribution < -0.4 is 16.0 Å². The number of nitrogens with zero attached hydrogens (tertiary/aromatic N) is 4. The Morgan fingerprint density at radius 2 is 1.77 bits per heavy atom. The molecule has 0 aliphatic heterocycles. The number of unbranched alkanes of at least 4 members (excludes halogenated alkanes) is 3. The summed E-state index contributed by atoms with van der Waals surface area (Å²) in [7, 11) is 1.99. The Morgan fingerprint density at radius 1 is 1.05 bits per heavy atom. The summed E-state index contributed by atoms with van der Waals surface area (Å²) in [6, 6.07) is 0.932. The van der Waals surface area contributed by atoms with Gasteiger partial charge in [-0.15, -0.1) is 0 Å². The molecule has 0 unspecified atom stereocenters. The number of aryl methyl sites for hydroxylation is 1. The second kappa shape index (κ2) is 13.8. The van der Waals surface area contributed by atoms with E-state index in [2.05, 4.69) is 26.0 Å². The topological polar surface area (TPSA) is 106 Å². The van der Waals surface area contributed by atoms with Gasteiger partial charge in [-0.2, -0.15) is 5.10 Å². The van der Waals surface area contributed by atoms with Crippen LogP contribution in [0.2, 0.25) is 5.02 Å². The van der Waals surface area contributed by atoms with Crippen LogP contribution in [0.15, 0.2) is 12.4 Å². The minimum absolute atomic E-state index is 0.259. The molecule has 0 bridgehead atoms. The van der Waals surface area contributed by atoms with E-state index in [4.69, 9.17) is 21.3 Å². The number of carbonyl (C=O) groups excluding carboxylic acids is 1. The second-order valence-corrected chi connectivity index (χ2v) is 12.6. The van der Waals surface area contributed by atoms with Gasteiger partial charge in [-0.1, -0.05) is 24.4 Å². The van der Waals surface area contributed by atoms with Gasteiger partial charge in [0.1, 0.15) is 0 Å². The lowest BCUT2D eigenvalue weighted by Gasteiger charge is -2.30. The molecule has 3 N–H and O–H groups in total. The van der Waals surface area contributed by atoms with Crippen molar-refractivity contribution in [3.05, 3.63) is 23.1 Å². The van der Waals surface area contributed by atoms with Crippen LogP contribution in [-0.2, 0) is 18.2 Å². The van der Waals surface area contributed by atoms with Gasteiger partial charge in [0, 0.05) is 35.9 Å². The van der Waals surface area contributed by atoms with E-state index in [0.717, 1.165) is 81.5 Å². The van der Waals surface area contributed by atoms with Crippen molar-refractivity contribution < 1.29 is 9.53 Å². The molecular formula is C29H46ClN7O2. The number of anilines is 1. The number of carbonyl (C=O) groups is 1. The number of aromatic nitrogens is 4. The zero-order valence-corrected chi connectivity index (χ0v) is 24.8. The molecule has 2 heterocycles. The van der Waals surface area contributed by atoms with Crippen LogP contribution in [0.5, 0.6) is 0 Å². The Kier molecular flexibility index (Phi) is 10.5. The molecule has 0 spiro atoms. The third kappa shape index (κ3) is 9.64. The monoisotopic (exact) mass is 559 g/mol. The normalized spacial score (nSPS) is 19.6. The summed E-state index contributed by atoms with van der Waals surface area (Å²) in [5, 5.41) is 15.2. The minimum Gasteiger partial charge on any atom is -0.450 e. The number of halogens is 1. The van der Waals surface area contributed by atoms with E-state index in [9.17, 15) is 4.79 Å². The summed E-state index contributed by atoms with van der Waals surface area (Å²) in [6.45, 7) is 7.36. The second-order valence-electron chi connectivity index (χ2n) is 12.2. The number of alkyl carbamates (subject to hydrolysis) is 1. The first-order valence-corrected chi connectivity index (χ1v) is 15.0. The molecule has 1 amide bonds. The van der Waals surface area contributed by atoms with Crippen molar-refractivity contribution >= 4 is 23.6 Å². The van der Waals surface area contributed by atoms with Gasteiger partial charge >= 0.3 is 6.09 Å². The molecule has 9 nitrogen and oxygen atoms in total. The van der Waals surface area contributed by atoms with Gasteiger partial charge in [0.05, 0.1) is 29.7 Å². The van der Waals surface area contributed by atoms with Crippen molar-refractivity contribution in [2.24, 2.45) is 13.0 Å². The third-order valence-electron chi connectivity index (χ3n) is 7.51. The van der Waals surface area contributed by atoms with E-state index in [1.54, 1.807) is 6.20 Å². The molecule has 2 aliphatic rings. The van der Waals surface area contributed by atoms with E-state index in [0.29, 0.717) is 29.7 Å². The average molecular weight is 560 g/mol. The maximum atomic E-state index is 11.7. The largest absolute Gasteiger partial charge is 0.450 e. The minimum atomic E-state index is -0.330. The van der Waals surface area contributed by atoms with E-state index >= 15 is 0 Å². The first-order chi connectivity index (χ1) is 18.7. The highest BCUT2D eigenvalue weighted by atomic mass is 35.5. The molecule has 0 aromatic carbocycles. The van der Waals surface area contributed by atoms with Crippen LogP contribution in [0, 0.1) is 5.92 Å². The van der Waals surface area contributed by atoms with E-state index in [1.165, 1.54) is 18.5 Å². The Balaban J connectivity index is 1.12. The number of nitrogens with one attached hydrogen (secondary N) is 3. The zero-order valence-electron chi connectivity index (χ0n) is 24.1. The number of amides is 1. The Bertz CT molecular complexity index is 1070. The SMILES string of the molecule is Cn1ncc(-c2nc(NC3CCC(NCCCCCCOC(=O)NC(C)(C)C)CC3)ncc2Cl)c1CC1CC1. The first-order valence-electron chi connectivity index (χ1n) is 14.7. The molecule has 2 aromatic rings. The van der Waals surface area contributed by atoms with Crippen LogP contribution in [0.3, 0.4) is 0 Å². The standard InChI is InChI=1S/C29H46ClN7O2/c1-29(2,3)36-28(38)39-16-8-6-5-7-15-31-21-11-13-22(14-12-21)34-27-32-19-24(30)26(35-27)23-18-33-37(4)25(23)17-20-9-10-20/h18-22,31H,5-17H2,1-4H3,(H,36,38)(H,32,34,35). The van der Waals surface area contributed by atoms with Crippen molar-refractivity contribution in [2.45, 2.75) is 109 Å². The lowest BCUT2D eigenvalue weighted by Crippen LogP contribution is -2.41. The van der Waals surface area contributed by atoms with E-state index in [-0.39, 0.29) is 11.6 Å². The van der Waals surface area contributed by atoms with Crippen molar-refractivity contribution in [3.63, 3.8) is 0 Å². The molecule has 0 radical (unpaired) electrons. The van der Waals surface area contributed by atoms with Crippen LogP contribution >= 0.6 is 11.6 Å². The highest BCUT2D eigenvalue weighted by molar-refractivity contribution is 6.32. The fraction of sp³-hybridized carbons (Fsp3) is 0.724. The lowest BCUT2D eigenvalue weighted by atomic mass is 9.91. The number of rotatable bonds is 13. The summed E-state index contributed by atoms with van der Waals surface area (Å²) in [4.78, 5) is 21.0. The molecule has 2 fully saturated rings. The molecule has 39 heavy (non-hydrogen) atoms. The Hall–Kier alpha value is -2.39. The van der Waals surface area contributed by atoms with Crippen molar-refractivity contribution in [2.75, 3.05) is 18.5 Å². The predicted molar refractivity (Wildman–Crippen MR) is 156 cm³/mol. The molecule has 2 aliphatic carbocycles. The van der Waals surface area contributed by atoms with Gasteiger partial charge in [-0.25, -0.2) is 14.8 Å².